The van der Waals surface area contributed by atoms with Crippen LogP contribution in [0.2, 0.25) is 5.15 Å². The summed E-state index contributed by atoms with van der Waals surface area (Å²) in [4.78, 5) is 80.3. The second-order valence-electron chi connectivity index (χ2n) is 15.6. The highest BCUT2D eigenvalue weighted by atomic mass is 35.5. The average Bonchev–Trinajstić information content (AvgIpc) is 4.30. The van der Waals surface area contributed by atoms with Gasteiger partial charge in [-0.3, -0.25) is 23.3 Å². The highest BCUT2D eigenvalue weighted by Gasteiger charge is 2.23. The molecule has 0 spiro atoms. The van der Waals surface area contributed by atoms with Gasteiger partial charge in [-0.25, -0.2) is 56.9 Å². The predicted molar refractivity (Wildman–Crippen MR) is 268 cm³/mol. The van der Waals surface area contributed by atoms with E-state index in [0.717, 1.165) is 14.2 Å². The minimum Gasteiger partial charge on any atom is -0.465 e. The molecule has 30 heteroatoms. The molecule has 2 amide bonds. The summed E-state index contributed by atoms with van der Waals surface area (Å²) in [6.07, 6.45) is 19.6. The lowest BCUT2D eigenvalue weighted by Gasteiger charge is -2.11. The van der Waals surface area contributed by atoms with Crippen LogP contribution in [0.25, 0.3) is 40.1 Å². The van der Waals surface area contributed by atoms with Crippen molar-refractivity contribution in [3.8, 4) is 41.4 Å². The van der Waals surface area contributed by atoms with E-state index in [-0.39, 0.29) is 67.5 Å². The van der Waals surface area contributed by atoms with Crippen molar-refractivity contribution in [1.82, 2.24) is 69.2 Å². The van der Waals surface area contributed by atoms with Gasteiger partial charge in [0.15, 0.2) is 57.6 Å². The lowest BCUT2D eigenvalue weighted by Crippen LogP contribution is -2.19. The summed E-state index contributed by atoms with van der Waals surface area (Å²) >= 11 is 5.91. The number of halogens is 5. The van der Waals surface area contributed by atoms with Crippen LogP contribution in [0.5, 0.6) is 0 Å². The molecule has 2 aromatic carbocycles. The van der Waals surface area contributed by atoms with E-state index in [4.69, 9.17) is 28.2 Å². The maximum Gasteiger partial charge on any atom is 0.366 e. The van der Waals surface area contributed by atoms with Crippen LogP contribution in [0.4, 0.5) is 34.6 Å². The van der Waals surface area contributed by atoms with Gasteiger partial charge in [-0.05, 0) is 55.0 Å². The number of pyridine rings is 1. The maximum atomic E-state index is 13.5. The maximum absolute atomic E-state index is 13.5. The summed E-state index contributed by atoms with van der Waals surface area (Å²) in [7, 11) is 2.15. The van der Waals surface area contributed by atoms with Crippen LogP contribution in [-0.4, -0.2) is 107 Å². The number of nitrogens with one attached hydrogen (secondary N) is 2. The molecule has 0 aliphatic carbocycles. The smallest absolute Gasteiger partial charge is 0.366 e. The molecule has 0 saturated heterocycles. The van der Waals surface area contributed by atoms with E-state index in [1.807, 2.05) is 0 Å². The lowest BCUT2D eigenvalue weighted by atomic mass is 10.1. The van der Waals surface area contributed by atoms with Crippen molar-refractivity contribution in [2.45, 2.75) is 6.92 Å². The van der Waals surface area contributed by atoms with E-state index in [9.17, 15) is 41.5 Å². The average molecular weight is 1100 g/mol. The molecule has 10 aromatic rings. The topological polar surface area (TPSA) is 324 Å². The van der Waals surface area contributed by atoms with E-state index < -0.39 is 52.6 Å². The molecule has 8 aromatic heterocycles. The number of ether oxygens (including phenoxy) is 2. The number of nitrogens with zero attached hydrogens (tertiary/aromatic N) is 14. The molecule has 79 heavy (non-hydrogen) atoms. The SMILES string of the molecule is C#Cc1cc2nc(-c3ccc(-n4ccnc4)nn3)oc(=O)c2nc1Cl.COC(=O)c1cc(F)c(F)cc1NC(=O)c1cc(C)c(-n2ccnc2)nn1.COC(=O)c1cc(F)c(F)cc1NC(=O)c1cc(N)c(-n2ccnc2)nn1. The summed E-state index contributed by atoms with van der Waals surface area (Å²) in [5.41, 5.74) is 5.34. The molecule has 4 N–H and O–H groups in total. The van der Waals surface area contributed by atoms with Crippen molar-refractivity contribution in [3.63, 3.8) is 0 Å². The number of carbonyl (C=O) groups excluding carboxylic acids is 4. The highest BCUT2D eigenvalue weighted by molar-refractivity contribution is 6.31. The second-order valence-corrected chi connectivity index (χ2v) is 15.9. The monoisotopic (exact) mass is 1100 g/mol. The predicted octanol–water partition coefficient (Wildman–Crippen LogP) is 5.71. The Labute approximate surface area is 444 Å². The Hall–Kier alpha value is -11.2. The molecular formula is C49H32ClF4N17O8. The molecule has 25 nitrogen and oxygen atoms in total. The first kappa shape index (κ1) is 54.1. The lowest BCUT2D eigenvalue weighted by molar-refractivity contribution is 0.0592. The van der Waals surface area contributed by atoms with Crippen LogP contribution in [0.3, 0.4) is 0 Å². The van der Waals surface area contributed by atoms with Crippen molar-refractivity contribution in [1.29, 1.82) is 0 Å². The number of benzene rings is 2. The minimum absolute atomic E-state index is 0.00394. The third-order valence-electron chi connectivity index (χ3n) is 10.5. The fourth-order valence-electron chi connectivity index (χ4n) is 6.72. The first-order chi connectivity index (χ1) is 38.0. The highest BCUT2D eigenvalue weighted by Crippen LogP contribution is 2.25. The Morgan fingerprint density at radius 2 is 1.19 bits per heavy atom. The number of imidazole rings is 3. The van der Waals surface area contributed by atoms with Gasteiger partial charge in [0.05, 0.1) is 48.0 Å². The van der Waals surface area contributed by atoms with Gasteiger partial charge in [0.25, 0.3) is 17.7 Å². The van der Waals surface area contributed by atoms with Crippen LogP contribution < -0.4 is 22.0 Å². The number of carbonyl (C=O) groups is 4. The van der Waals surface area contributed by atoms with Gasteiger partial charge in [0.2, 0.25) is 0 Å². The van der Waals surface area contributed by atoms with Crippen molar-refractivity contribution >= 4 is 63.4 Å². The van der Waals surface area contributed by atoms with Gasteiger partial charge >= 0.3 is 17.6 Å². The van der Waals surface area contributed by atoms with Crippen molar-refractivity contribution in [2.24, 2.45) is 0 Å². The Morgan fingerprint density at radius 1 is 0.671 bits per heavy atom. The zero-order chi connectivity index (χ0) is 56.5. The summed E-state index contributed by atoms with van der Waals surface area (Å²) in [6.45, 7) is 1.72. The van der Waals surface area contributed by atoms with Crippen LogP contribution in [0, 0.1) is 42.5 Å². The van der Waals surface area contributed by atoms with Crippen molar-refractivity contribution in [2.75, 3.05) is 30.6 Å². The summed E-state index contributed by atoms with van der Waals surface area (Å²) in [5, 5.41) is 28.1. The molecule has 8 heterocycles. The summed E-state index contributed by atoms with van der Waals surface area (Å²) in [5.74, 6) is -4.75. The summed E-state index contributed by atoms with van der Waals surface area (Å²) in [6, 6.07) is 10.2. The molecule has 0 aliphatic rings. The van der Waals surface area contributed by atoms with E-state index in [0.29, 0.717) is 52.7 Å². The van der Waals surface area contributed by atoms with Crippen LogP contribution >= 0.6 is 11.6 Å². The third-order valence-corrected chi connectivity index (χ3v) is 10.8. The van der Waals surface area contributed by atoms with E-state index in [2.05, 4.69) is 81.5 Å². The van der Waals surface area contributed by atoms with Gasteiger partial charge in [-0.15, -0.1) is 37.0 Å². The van der Waals surface area contributed by atoms with Gasteiger partial charge < -0.3 is 30.3 Å². The Morgan fingerprint density at radius 3 is 1.67 bits per heavy atom. The Kier molecular flexibility index (Phi) is 16.2. The van der Waals surface area contributed by atoms with Crippen LogP contribution in [-0.2, 0) is 9.47 Å². The number of fused-ring (bicyclic) bond motifs is 1. The molecule has 0 bridgehead atoms. The van der Waals surface area contributed by atoms with Crippen LogP contribution in [0.15, 0.2) is 120 Å². The number of anilines is 3. The molecule has 0 unspecified atom stereocenters. The number of amides is 2. The zero-order valence-corrected chi connectivity index (χ0v) is 41.2. The zero-order valence-electron chi connectivity index (χ0n) is 40.5. The molecule has 10 rings (SSSR count). The van der Waals surface area contributed by atoms with Crippen molar-refractivity contribution < 1.29 is 50.6 Å². The molecule has 0 saturated carbocycles. The Bertz CT molecular complexity index is 3890. The largest absolute Gasteiger partial charge is 0.465 e. The first-order valence-corrected chi connectivity index (χ1v) is 22.4. The number of aryl methyl sites for hydroxylation is 1. The number of hydrogen-bond acceptors (Lipinski definition) is 20. The third kappa shape index (κ3) is 12.2. The Balaban J connectivity index is 0.000000156. The fraction of sp³-hybridized carbons (Fsp3) is 0.0612. The number of terminal acetylenes is 1. The van der Waals surface area contributed by atoms with Crippen molar-refractivity contribution in [3.05, 3.63) is 183 Å². The normalized spacial score (nSPS) is 10.6. The molecule has 0 fully saturated rings. The van der Waals surface area contributed by atoms with E-state index >= 15 is 0 Å². The standard InChI is InChI=1S/C17H13F2N5O3.C16H7ClN6O2.C16H12F2N6O3/c1-9-5-14(22-23-15(9)24-4-3-20-8-24)16(25)21-13-7-12(19)11(18)6-10(13)17(26)27-2;1-2-9-7-11-13(20-14(9)17)16(24)25-15(19-11)10-3-4-12(22-21-10)23-6-5-18-8-23;1-27-16(26)8-4-9(17)10(18)5-12(8)21-15(25)13-6-11(19)14(23-22-13)24-3-2-20-7-24/h3-8H,1-2H3,(H,21,25);1,3-8H;2-7H,1H3,(H2,19,22)(H,21,25). The molecule has 396 valence electrons. The number of methoxy groups -OCH3 is 2. The number of nitrogen functional groups attached to an aromatic ring is 1. The van der Waals surface area contributed by atoms with Crippen LogP contribution in [0.1, 0.15) is 52.8 Å². The number of rotatable bonds is 10. The molecular weight excluding hydrogens is 1070 g/mol. The summed E-state index contributed by atoms with van der Waals surface area (Å²) < 4.78 is 72.9. The first-order valence-electron chi connectivity index (χ1n) is 22.0. The number of hydrogen-bond donors (Lipinski definition) is 3. The minimum atomic E-state index is -1.26. The quantitative estimate of drug-likeness (QED) is 0.0639. The second kappa shape index (κ2) is 23.6. The molecule has 0 aliphatic heterocycles. The number of esters is 2. The van der Waals surface area contributed by atoms with E-state index in [1.165, 1.54) is 41.6 Å². The van der Waals surface area contributed by atoms with Gasteiger partial charge in [0.1, 0.15) is 35.3 Å². The van der Waals surface area contributed by atoms with Gasteiger partial charge in [0, 0.05) is 49.3 Å². The van der Waals surface area contributed by atoms with Gasteiger partial charge in [-0.2, -0.15) is 0 Å². The fourth-order valence-corrected chi connectivity index (χ4v) is 6.92. The molecule has 0 radical (unpaired) electrons. The van der Waals surface area contributed by atoms with Gasteiger partial charge in [-0.1, -0.05) is 17.5 Å². The number of aromatic nitrogens is 14. The van der Waals surface area contributed by atoms with E-state index in [1.54, 1.807) is 65.5 Å². The molecule has 0 atom stereocenters. The number of nitrogens with two attached hydrogens (primary N) is 1.